The fourth-order valence-electron chi connectivity index (χ4n) is 2.09. The highest BCUT2D eigenvalue weighted by Crippen LogP contribution is 2.22. The molecule has 102 valence electrons. The van der Waals surface area contributed by atoms with Gasteiger partial charge in [-0.2, -0.15) is 0 Å². The van der Waals surface area contributed by atoms with Gasteiger partial charge in [0.05, 0.1) is 0 Å². The summed E-state index contributed by atoms with van der Waals surface area (Å²) >= 11 is 0. The van der Waals surface area contributed by atoms with Crippen molar-refractivity contribution < 1.29 is 9.53 Å². The number of unbranched alkanes of at least 4 members (excludes halogenated alkanes) is 2. The molecule has 0 bridgehead atoms. The quantitative estimate of drug-likeness (QED) is 0.715. The number of methoxy groups -OCH3 is 1. The SMILES string of the molecule is CCCCCNC(=O)C1(OC)CCNCC1.Cl. The molecule has 0 spiro atoms. The summed E-state index contributed by atoms with van der Waals surface area (Å²) in [7, 11) is 1.64. The van der Waals surface area contributed by atoms with E-state index in [0.717, 1.165) is 38.9 Å². The molecule has 4 nitrogen and oxygen atoms in total. The van der Waals surface area contributed by atoms with E-state index in [4.69, 9.17) is 4.74 Å². The van der Waals surface area contributed by atoms with Crippen LogP contribution in [0.5, 0.6) is 0 Å². The predicted molar refractivity (Wildman–Crippen MR) is 71.6 cm³/mol. The van der Waals surface area contributed by atoms with Crippen LogP contribution >= 0.6 is 12.4 Å². The molecule has 1 saturated heterocycles. The van der Waals surface area contributed by atoms with Crippen LogP contribution in [0.25, 0.3) is 0 Å². The Hall–Kier alpha value is -0.320. The first-order valence-corrected chi connectivity index (χ1v) is 6.29. The van der Waals surface area contributed by atoms with Crippen LogP contribution in [0.15, 0.2) is 0 Å². The molecule has 0 aromatic rings. The van der Waals surface area contributed by atoms with Crippen molar-refractivity contribution in [3.05, 3.63) is 0 Å². The molecular weight excluding hydrogens is 240 g/mol. The Kier molecular flexibility index (Phi) is 8.56. The van der Waals surface area contributed by atoms with Crippen molar-refractivity contribution in [2.75, 3.05) is 26.7 Å². The summed E-state index contributed by atoms with van der Waals surface area (Å²) in [5.41, 5.74) is -0.586. The molecule has 1 aliphatic rings. The average Bonchev–Trinajstić information content (AvgIpc) is 2.35. The van der Waals surface area contributed by atoms with Crippen molar-refractivity contribution in [1.29, 1.82) is 0 Å². The van der Waals surface area contributed by atoms with Crippen molar-refractivity contribution in [2.45, 2.75) is 44.6 Å². The molecule has 2 N–H and O–H groups in total. The fraction of sp³-hybridized carbons (Fsp3) is 0.917. The lowest BCUT2D eigenvalue weighted by molar-refractivity contribution is -0.146. The van der Waals surface area contributed by atoms with Gasteiger partial charge >= 0.3 is 0 Å². The molecule has 0 atom stereocenters. The van der Waals surface area contributed by atoms with Crippen LogP contribution < -0.4 is 10.6 Å². The number of nitrogens with one attached hydrogen (secondary N) is 2. The zero-order valence-corrected chi connectivity index (χ0v) is 11.7. The van der Waals surface area contributed by atoms with Gasteiger partial charge in [-0.25, -0.2) is 0 Å². The Bertz CT molecular complexity index is 219. The first-order chi connectivity index (χ1) is 7.75. The third kappa shape index (κ3) is 4.82. The van der Waals surface area contributed by atoms with Crippen molar-refractivity contribution >= 4 is 18.3 Å². The molecule has 5 heteroatoms. The highest BCUT2D eigenvalue weighted by Gasteiger charge is 2.39. The van der Waals surface area contributed by atoms with Gasteiger partial charge in [0.1, 0.15) is 5.60 Å². The minimum absolute atomic E-state index is 0. The molecular formula is C12H25ClN2O2. The second-order valence-corrected chi connectivity index (χ2v) is 4.41. The molecule has 1 amide bonds. The highest BCUT2D eigenvalue weighted by atomic mass is 35.5. The maximum atomic E-state index is 12.1. The Morgan fingerprint density at radius 3 is 2.53 bits per heavy atom. The summed E-state index contributed by atoms with van der Waals surface area (Å²) in [5, 5.41) is 6.23. The number of carbonyl (C=O) groups excluding carboxylic acids is 1. The summed E-state index contributed by atoms with van der Waals surface area (Å²) in [4.78, 5) is 12.1. The smallest absolute Gasteiger partial charge is 0.252 e. The van der Waals surface area contributed by atoms with E-state index in [9.17, 15) is 4.79 Å². The van der Waals surface area contributed by atoms with Crippen LogP contribution in [-0.4, -0.2) is 38.3 Å². The Morgan fingerprint density at radius 1 is 1.35 bits per heavy atom. The molecule has 1 heterocycles. The van der Waals surface area contributed by atoms with E-state index in [-0.39, 0.29) is 18.3 Å². The van der Waals surface area contributed by atoms with Gasteiger partial charge in [0.2, 0.25) is 0 Å². The van der Waals surface area contributed by atoms with Crippen LogP contribution in [0.4, 0.5) is 0 Å². The van der Waals surface area contributed by atoms with Gasteiger partial charge in [-0.1, -0.05) is 19.8 Å². The van der Waals surface area contributed by atoms with E-state index in [1.54, 1.807) is 7.11 Å². The van der Waals surface area contributed by atoms with Gasteiger partial charge in [0.15, 0.2) is 0 Å². The van der Waals surface area contributed by atoms with Gasteiger partial charge in [0.25, 0.3) is 5.91 Å². The second-order valence-electron chi connectivity index (χ2n) is 4.41. The van der Waals surface area contributed by atoms with Gasteiger partial charge in [-0.3, -0.25) is 4.79 Å². The van der Waals surface area contributed by atoms with Crippen molar-refractivity contribution in [3.8, 4) is 0 Å². The third-order valence-electron chi connectivity index (χ3n) is 3.28. The maximum Gasteiger partial charge on any atom is 0.252 e. The predicted octanol–water partition coefficient (Wildman–Crippen LogP) is 1.48. The largest absolute Gasteiger partial charge is 0.368 e. The van der Waals surface area contributed by atoms with E-state index >= 15 is 0 Å². The lowest BCUT2D eigenvalue weighted by atomic mass is 9.91. The highest BCUT2D eigenvalue weighted by molar-refractivity contribution is 5.85. The Morgan fingerprint density at radius 2 is 2.00 bits per heavy atom. The van der Waals surface area contributed by atoms with Gasteiger partial charge in [0, 0.05) is 13.7 Å². The molecule has 0 aromatic carbocycles. The average molecular weight is 265 g/mol. The normalized spacial score (nSPS) is 18.2. The standard InChI is InChI=1S/C12H24N2O2.ClH/c1-3-4-5-8-14-11(15)12(16-2)6-9-13-10-7-12;/h13H,3-10H2,1-2H3,(H,14,15);1H. The number of ether oxygens (including phenoxy) is 1. The fourth-order valence-corrected chi connectivity index (χ4v) is 2.09. The van der Waals surface area contributed by atoms with Crippen molar-refractivity contribution in [1.82, 2.24) is 10.6 Å². The molecule has 1 rings (SSSR count). The number of rotatable bonds is 6. The van der Waals surface area contributed by atoms with E-state index in [1.807, 2.05) is 0 Å². The zero-order chi connectivity index (χ0) is 11.9. The summed E-state index contributed by atoms with van der Waals surface area (Å²) in [6, 6.07) is 0. The molecule has 0 unspecified atom stereocenters. The molecule has 0 radical (unpaired) electrons. The van der Waals surface area contributed by atoms with Gasteiger partial charge in [-0.15, -0.1) is 12.4 Å². The zero-order valence-electron chi connectivity index (χ0n) is 10.9. The van der Waals surface area contributed by atoms with Crippen LogP contribution in [0.1, 0.15) is 39.0 Å². The monoisotopic (exact) mass is 264 g/mol. The maximum absolute atomic E-state index is 12.1. The van der Waals surface area contributed by atoms with Crippen molar-refractivity contribution in [3.63, 3.8) is 0 Å². The number of hydrogen-bond acceptors (Lipinski definition) is 3. The summed E-state index contributed by atoms with van der Waals surface area (Å²) in [6.07, 6.45) is 4.93. The first-order valence-electron chi connectivity index (χ1n) is 6.29. The lowest BCUT2D eigenvalue weighted by Crippen LogP contribution is -2.54. The number of piperidine rings is 1. The van der Waals surface area contributed by atoms with Crippen LogP contribution in [0, 0.1) is 0 Å². The molecule has 0 aromatic heterocycles. The van der Waals surface area contributed by atoms with E-state index in [2.05, 4.69) is 17.6 Å². The molecule has 17 heavy (non-hydrogen) atoms. The summed E-state index contributed by atoms with van der Waals surface area (Å²) in [5.74, 6) is 0.0626. The topological polar surface area (TPSA) is 50.4 Å². The Balaban J connectivity index is 0.00000256. The number of halogens is 1. The third-order valence-corrected chi connectivity index (χ3v) is 3.28. The summed E-state index contributed by atoms with van der Waals surface area (Å²) in [6.45, 7) is 4.64. The Labute approximate surface area is 110 Å². The van der Waals surface area contributed by atoms with E-state index in [0.29, 0.717) is 0 Å². The van der Waals surface area contributed by atoms with Crippen molar-refractivity contribution in [2.24, 2.45) is 0 Å². The molecule has 0 aliphatic carbocycles. The van der Waals surface area contributed by atoms with E-state index in [1.165, 1.54) is 12.8 Å². The van der Waals surface area contributed by atoms with Crippen LogP contribution in [0.3, 0.4) is 0 Å². The molecule has 1 aliphatic heterocycles. The van der Waals surface area contributed by atoms with Gasteiger partial charge < -0.3 is 15.4 Å². The molecule has 0 saturated carbocycles. The van der Waals surface area contributed by atoms with Gasteiger partial charge in [-0.05, 0) is 32.4 Å². The second kappa shape index (κ2) is 8.72. The minimum atomic E-state index is -0.586. The lowest BCUT2D eigenvalue weighted by Gasteiger charge is -2.34. The van der Waals surface area contributed by atoms with Crippen LogP contribution in [0.2, 0.25) is 0 Å². The molecule has 1 fully saturated rings. The first kappa shape index (κ1) is 16.7. The van der Waals surface area contributed by atoms with Crippen LogP contribution in [-0.2, 0) is 9.53 Å². The minimum Gasteiger partial charge on any atom is -0.368 e. The summed E-state index contributed by atoms with van der Waals surface area (Å²) < 4.78 is 5.45. The van der Waals surface area contributed by atoms with E-state index < -0.39 is 5.60 Å². The number of amides is 1. The number of hydrogen-bond donors (Lipinski definition) is 2. The number of carbonyl (C=O) groups is 1.